The molecule has 1 saturated heterocycles. The van der Waals surface area contributed by atoms with Gasteiger partial charge in [-0.05, 0) is 23.8 Å². The largest absolute Gasteiger partial charge is 0.361 e. The molecule has 3 aromatic rings. The topological polar surface area (TPSA) is 53.2 Å². The van der Waals surface area contributed by atoms with E-state index in [4.69, 9.17) is 23.2 Å². The van der Waals surface area contributed by atoms with Crippen LogP contribution in [0.3, 0.4) is 0 Å². The standard InChI is InChI=1S/C18H12Cl2N2O2/c19-13-5-3-6-14(20)17(13)22-16(23)8-11(18(22)24)12-9-21-15-7-2-1-4-10(12)15/h1-7,9,11,21H,8H2/t11-/m0/s1. The van der Waals surface area contributed by atoms with Crippen LogP contribution in [0.25, 0.3) is 10.9 Å². The zero-order valence-electron chi connectivity index (χ0n) is 12.4. The molecule has 1 fully saturated rings. The van der Waals surface area contributed by atoms with Crippen molar-refractivity contribution in [3.05, 3.63) is 64.3 Å². The van der Waals surface area contributed by atoms with E-state index in [2.05, 4.69) is 4.98 Å². The molecule has 0 radical (unpaired) electrons. The molecule has 1 N–H and O–H groups in total. The van der Waals surface area contributed by atoms with Crippen LogP contribution in [0.2, 0.25) is 10.0 Å². The van der Waals surface area contributed by atoms with Crippen molar-refractivity contribution in [2.75, 3.05) is 4.90 Å². The zero-order chi connectivity index (χ0) is 16.8. The van der Waals surface area contributed by atoms with E-state index >= 15 is 0 Å². The summed E-state index contributed by atoms with van der Waals surface area (Å²) in [6, 6.07) is 12.6. The van der Waals surface area contributed by atoms with Crippen LogP contribution in [0.4, 0.5) is 5.69 Å². The number of para-hydroxylation sites is 2. The molecule has 0 aliphatic carbocycles. The van der Waals surface area contributed by atoms with E-state index in [1.165, 1.54) is 0 Å². The summed E-state index contributed by atoms with van der Waals surface area (Å²) in [5.41, 5.74) is 2.01. The van der Waals surface area contributed by atoms with Gasteiger partial charge < -0.3 is 4.98 Å². The van der Waals surface area contributed by atoms with Crippen molar-refractivity contribution in [1.82, 2.24) is 4.98 Å². The highest BCUT2D eigenvalue weighted by atomic mass is 35.5. The van der Waals surface area contributed by atoms with Crippen molar-refractivity contribution < 1.29 is 9.59 Å². The van der Waals surface area contributed by atoms with Gasteiger partial charge in [0.25, 0.3) is 0 Å². The van der Waals surface area contributed by atoms with Gasteiger partial charge in [0.1, 0.15) is 0 Å². The van der Waals surface area contributed by atoms with Crippen molar-refractivity contribution in [1.29, 1.82) is 0 Å². The second-order valence-electron chi connectivity index (χ2n) is 5.68. The summed E-state index contributed by atoms with van der Waals surface area (Å²) in [5, 5.41) is 1.50. The van der Waals surface area contributed by atoms with Crippen LogP contribution in [0.5, 0.6) is 0 Å². The average molecular weight is 359 g/mol. The van der Waals surface area contributed by atoms with Crippen LogP contribution in [-0.2, 0) is 9.59 Å². The molecular weight excluding hydrogens is 347 g/mol. The van der Waals surface area contributed by atoms with Gasteiger partial charge in [-0.15, -0.1) is 0 Å². The van der Waals surface area contributed by atoms with Gasteiger partial charge in [0.05, 0.1) is 21.7 Å². The maximum Gasteiger partial charge on any atom is 0.242 e. The number of halogens is 2. The first-order valence-corrected chi connectivity index (χ1v) is 8.20. The van der Waals surface area contributed by atoms with E-state index in [0.29, 0.717) is 0 Å². The summed E-state index contributed by atoms with van der Waals surface area (Å²) in [4.78, 5) is 29.7. The number of hydrogen-bond acceptors (Lipinski definition) is 2. The normalized spacial score (nSPS) is 17.9. The molecule has 0 bridgehead atoms. The van der Waals surface area contributed by atoms with Gasteiger partial charge in [0.15, 0.2) is 0 Å². The average Bonchev–Trinajstić information content (AvgIpc) is 3.10. The molecule has 0 unspecified atom stereocenters. The number of anilines is 1. The van der Waals surface area contributed by atoms with Crippen molar-refractivity contribution in [3.63, 3.8) is 0 Å². The summed E-state index contributed by atoms with van der Waals surface area (Å²) < 4.78 is 0. The third-order valence-electron chi connectivity index (χ3n) is 4.30. The van der Waals surface area contributed by atoms with Gasteiger partial charge in [-0.2, -0.15) is 0 Å². The smallest absolute Gasteiger partial charge is 0.242 e. The minimum Gasteiger partial charge on any atom is -0.361 e. The van der Waals surface area contributed by atoms with E-state index in [-0.39, 0.29) is 34.0 Å². The molecule has 4 rings (SSSR count). The highest BCUT2D eigenvalue weighted by Gasteiger charge is 2.42. The van der Waals surface area contributed by atoms with Crippen molar-refractivity contribution in [2.45, 2.75) is 12.3 Å². The van der Waals surface area contributed by atoms with Gasteiger partial charge in [-0.25, -0.2) is 4.90 Å². The minimum atomic E-state index is -0.541. The molecule has 0 spiro atoms. The lowest BCUT2D eigenvalue weighted by atomic mass is 9.97. The number of imide groups is 1. The number of aromatic nitrogens is 1. The fourth-order valence-corrected chi connectivity index (χ4v) is 3.76. The number of fused-ring (bicyclic) bond motifs is 1. The molecule has 2 heterocycles. The van der Waals surface area contributed by atoms with Crippen molar-refractivity contribution >= 4 is 51.6 Å². The highest BCUT2D eigenvalue weighted by molar-refractivity contribution is 6.42. The second kappa shape index (κ2) is 5.65. The number of nitrogens with zero attached hydrogens (tertiary/aromatic N) is 1. The van der Waals surface area contributed by atoms with Gasteiger partial charge in [-0.3, -0.25) is 9.59 Å². The molecule has 0 saturated carbocycles. The molecule has 1 atom stereocenters. The maximum atomic E-state index is 12.9. The minimum absolute atomic E-state index is 0.0994. The van der Waals surface area contributed by atoms with Crippen LogP contribution in [0.15, 0.2) is 48.7 Å². The summed E-state index contributed by atoms with van der Waals surface area (Å²) >= 11 is 12.3. The number of carbonyl (C=O) groups is 2. The third-order valence-corrected chi connectivity index (χ3v) is 4.91. The van der Waals surface area contributed by atoms with E-state index in [0.717, 1.165) is 21.4 Å². The summed E-state index contributed by atoms with van der Waals surface area (Å²) in [6.07, 6.45) is 1.89. The summed E-state index contributed by atoms with van der Waals surface area (Å²) in [5.74, 6) is -1.15. The predicted octanol–water partition coefficient (Wildman–Crippen LogP) is 4.52. The lowest BCUT2D eigenvalue weighted by Gasteiger charge is -2.17. The number of nitrogens with one attached hydrogen (secondary N) is 1. The Kier molecular flexibility index (Phi) is 3.59. The predicted molar refractivity (Wildman–Crippen MR) is 94.6 cm³/mol. The van der Waals surface area contributed by atoms with Gasteiger partial charge in [-0.1, -0.05) is 47.5 Å². The summed E-state index contributed by atoms with van der Waals surface area (Å²) in [6.45, 7) is 0. The molecule has 6 heteroatoms. The molecule has 1 aromatic heterocycles. The van der Waals surface area contributed by atoms with Crippen LogP contribution in [-0.4, -0.2) is 16.8 Å². The number of hydrogen-bond donors (Lipinski definition) is 1. The molecule has 4 nitrogen and oxygen atoms in total. The fourth-order valence-electron chi connectivity index (χ4n) is 3.19. The molecule has 24 heavy (non-hydrogen) atoms. The van der Waals surface area contributed by atoms with Crippen molar-refractivity contribution in [3.8, 4) is 0 Å². The monoisotopic (exact) mass is 358 g/mol. The van der Waals surface area contributed by atoms with Crippen LogP contribution < -0.4 is 4.90 Å². The Balaban J connectivity index is 1.80. The van der Waals surface area contributed by atoms with Crippen LogP contribution in [0, 0.1) is 0 Å². The molecule has 2 amide bonds. The fraction of sp³-hybridized carbons (Fsp3) is 0.111. The number of rotatable bonds is 2. The Morgan fingerprint density at radius 2 is 1.71 bits per heavy atom. The SMILES string of the molecule is O=C1C[C@@H](c2c[nH]c3ccccc23)C(=O)N1c1c(Cl)cccc1Cl. The van der Waals surface area contributed by atoms with Crippen molar-refractivity contribution in [2.24, 2.45) is 0 Å². The first kappa shape index (κ1) is 15.2. The Bertz CT molecular complexity index is 960. The Labute approximate surface area is 148 Å². The maximum absolute atomic E-state index is 12.9. The zero-order valence-corrected chi connectivity index (χ0v) is 13.9. The number of amides is 2. The molecular formula is C18H12Cl2N2O2. The molecule has 2 aromatic carbocycles. The lowest BCUT2D eigenvalue weighted by Crippen LogP contribution is -2.30. The number of benzene rings is 2. The Hall–Kier alpha value is -2.30. The quantitative estimate of drug-likeness (QED) is 0.684. The Morgan fingerprint density at radius 1 is 1.00 bits per heavy atom. The van der Waals surface area contributed by atoms with Crippen LogP contribution in [0.1, 0.15) is 17.9 Å². The number of aromatic amines is 1. The van der Waals surface area contributed by atoms with E-state index in [9.17, 15) is 9.59 Å². The molecule has 1 aliphatic rings. The Morgan fingerprint density at radius 3 is 2.46 bits per heavy atom. The van der Waals surface area contributed by atoms with Gasteiger partial charge in [0, 0.05) is 23.5 Å². The second-order valence-corrected chi connectivity index (χ2v) is 6.50. The number of H-pyrrole nitrogens is 1. The summed E-state index contributed by atoms with van der Waals surface area (Å²) in [7, 11) is 0. The highest BCUT2D eigenvalue weighted by Crippen LogP contribution is 2.41. The lowest BCUT2D eigenvalue weighted by molar-refractivity contribution is -0.121. The first-order chi connectivity index (χ1) is 11.6. The van der Waals surface area contributed by atoms with Gasteiger partial charge >= 0.3 is 0 Å². The first-order valence-electron chi connectivity index (χ1n) is 7.44. The molecule has 120 valence electrons. The number of carbonyl (C=O) groups excluding carboxylic acids is 2. The van der Waals surface area contributed by atoms with Gasteiger partial charge in [0.2, 0.25) is 11.8 Å². The van der Waals surface area contributed by atoms with Crippen LogP contribution >= 0.6 is 23.2 Å². The van der Waals surface area contributed by atoms with E-state index in [1.807, 2.05) is 24.3 Å². The van der Waals surface area contributed by atoms with E-state index < -0.39 is 5.92 Å². The van der Waals surface area contributed by atoms with E-state index in [1.54, 1.807) is 24.4 Å². The third kappa shape index (κ3) is 2.22. The molecule has 1 aliphatic heterocycles.